The Kier molecular flexibility index (Phi) is 5.21. The number of aliphatic hydroxyl groups is 1. The molecule has 1 unspecified atom stereocenters. The third kappa shape index (κ3) is 3.82. The van der Waals surface area contributed by atoms with Crippen molar-refractivity contribution in [3.05, 3.63) is 35.4 Å². The summed E-state index contributed by atoms with van der Waals surface area (Å²) in [5, 5.41) is 10.2. The second-order valence-electron chi connectivity index (χ2n) is 5.32. The molecule has 0 aliphatic heterocycles. The molecule has 0 radical (unpaired) electrons. The second-order valence-corrected chi connectivity index (χ2v) is 5.32. The van der Waals surface area contributed by atoms with Gasteiger partial charge in [-0.3, -0.25) is 0 Å². The van der Waals surface area contributed by atoms with Crippen LogP contribution in [-0.4, -0.2) is 17.8 Å². The largest absolute Gasteiger partial charge is 0.386 e. The van der Waals surface area contributed by atoms with Gasteiger partial charge in [-0.2, -0.15) is 0 Å². The van der Waals surface area contributed by atoms with Crippen LogP contribution in [0.2, 0.25) is 0 Å². The van der Waals surface area contributed by atoms with Crippen molar-refractivity contribution in [2.75, 3.05) is 6.61 Å². The Labute approximate surface area is 110 Å². The van der Waals surface area contributed by atoms with Gasteiger partial charge in [-0.05, 0) is 30.9 Å². The molecule has 2 heteroatoms. The van der Waals surface area contributed by atoms with E-state index < -0.39 is 6.10 Å². The van der Waals surface area contributed by atoms with Gasteiger partial charge in [0, 0.05) is 0 Å². The number of benzene rings is 1. The monoisotopic (exact) mass is 248 g/mol. The van der Waals surface area contributed by atoms with Gasteiger partial charge in [0.2, 0.25) is 0 Å². The first-order chi connectivity index (χ1) is 8.77. The predicted molar refractivity (Wildman–Crippen MR) is 73.6 cm³/mol. The number of ether oxygens (including phenoxy) is 1. The van der Waals surface area contributed by atoms with Crippen molar-refractivity contribution < 1.29 is 9.84 Å². The smallest absolute Gasteiger partial charge is 0.103 e. The lowest BCUT2D eigenvalue weighted by atomic mass is 10.0. The Bertz CT molecular complexity index is 354. The van der Waals surface area contributed by atoms with Crippen molar-refractivity contribution in [2.45, 2.75) is 57.7 Å². The van der Waals surface area contributed by atoms with Gasteiger partial charge < -0.3 is 9.84 Å². The van der Waals surface area contributed by atoms with Crippen LogP contribution in [0.4, 0.5) is 0 Å². The molecular weight excluding hydrogens is 224 g/mol. The molecule has 0 spiro atoms. The number of rotatable bonds is 4. The Hall–Kier alpha value is -0.860. The molecule has 1 fully saturated rings. The van der Waals surface area contributed by atoms with Crippen molar-refractivity contribution >= 4 is 0 Å². The molecule has 1 aromatic rings. The average molecular weight is 248 g/mol. The van der Waals surface area contributed by atoms with Crippen molar-refractivity contribution in [2.24, 2.45) is 0 Å². The van der Waals surface area contributed by atoms with E-state index in [-0.39, 0.29) is 0 Å². The number of hydrogen-bond donors (Lipinski definition) is 1. The first-order valence-corrected chi connectivity index (χ1v) is 7.12. The third-order valence-electron chi connectivity index (χ3n) is 3.84. The molecule has 18 heavy (non-hydrogen) atoms. The van der Waals surface area contributed by atoms with Crippen LogP contribution < -0.4 is 0 Å². The average Bonchev–Trinajstić information content (AvgIpc) is 2.65. The number of hydrogen-bond acceptors (Lipinski definition) is 2. The molecule has 100 valence electrons. The minimum absolute atomic E-state index is 0.353. The SMILES string of the molecule is Cc1ccccc1C(O)COC1CCCCCC1. The van der Waals surface area contributed by atoms with Crippen LogP contribution in [0.15, 0.2) is 24.3 Å². The summed E-state index contributed by atoms with van der Waals surface area (Å²) < 4.78 is 5.88. The maximum Gasteiger partial charge on any atom is 0.103 e. The molecule has 0 heterocycles. The highest BCUT2D eigenvalue weighted by molar-refractivity contribution is 5.27. The van der Waals surface area contributed by atoms with Crippen molar-refractivity contribution in [3.8, 4) is 0 Å². The molecule has 1 N–H and O–H groups in total. The highest BCUT2D eigenvalue weighted by Crippen LogP contribution is 2.23. The third-order valence-corrected chi connectivity index (χ3v) is 3.84. The van der Waals surface area contributed by atoms with Crippen molar-refractivity contribution in [3.63, 3.8) is 0 Å². The molecule has 0 aromatic heterocycles. The van der Waals surface area contributed by atoms with E-state index in [0.717, 1.165) is 24.0 Å². The van der Waals surface area contributed by atoms with E-state index in [2.05, 4.69) is 0 Å². The van der Waals surface area contributed by atoms with E-state index in [1.807, 2.05) is 31.2 Å². The number of aryl methyl sites for hydroxylation is 1. The molecule has 0 saturated heterocycles. The van der Waals surface area contributed by atoms with Crippen LogP contribution in [0.25, 0.3) is 0 Å². The molecule has 2 rings (SSSR count). The van der Waals surface area contributed by atoms with Gasteiger partial charge in [-0.25, -0.2) is 0 Å². The summed E-state index contributed by atoms with van der Waals surface area (Å²) in [4.78, 5) is 0. The fourth-order valence-electron chi connectivity index (χ4n) is 2.69. The van der Waals surface area contributed by atoms with Gasteiger partial charge in [0.05, 0.1) is 12.7 Å². The quantitative estimate of drug-likeness (QED) is 0.822. The molecule has 1 aromatic carbocycles. The molecule has 2 nitrogen and oxygen atoms in total. The van der Waals surface area contributed by atoms with Gasteiger partial charge in [0.1, 0.15) is 6.10 Å². The predicted octanol–water partition coefficient (Wildman–Crippen LogP) is 3.77. The van der Waals surface area contributed by atoms with Gasteiger partial charge in [0.15, 0.2) is 0 Å². The molecule has 1 aliphatic carbocycles. The van der Waals surface area contributed by atoms with Crippen LogP contribution in [0.3, 0.4) is 0 Å². The van der Waals surface area contributed by atoms with E-state index in [0.29, 0.717) is 12.7 Å². The first-order valence-electron chi connectivity index (χ1n) is 7.12. The normalized spacial score (nSPS) is 19.4. The van der Waals surface area contributed by atoms with Crippen LogP contribution in [0, 0.1) is 6.92 Å². The highest BCUT2D eigenvalue weighted by Gasteiger charge is 2.16. The van der Waals surface area contributed by atoms with E-state index in [4.69, 9.17) is 4.74 Å². The second kappa shape index (κ2) is 6.91. The molecular formula is C16H24O2. The van der Waals surface area contributed by atoms with E-state index >= 15 is 0 Å². The standard InChI is InChI=1S/C16H24O2/c1-13-8-6-7-11-15(13)16(17)12-18-14-9-4-2-3-5-10-14/h6-8,11,14,16-17H,2-5,9-10,12H2,1H3. The van der Waals surface area contributed by atoms with E-state index in [9.17, 15) is 5.11 Å². The fourth-order valence-corrected chi connectivity index (χ4v) is 2.69. The van der Waals surface area contributed by atoms with Gasteiger partial charge >= 0.3 is 0 Å². The lowest BCUT2D eigenvalue weighted by molar-refractivity contribution is -0.0161. The zero-order valence-corrected chi connectivity index (χ0v) is 11.3. The Balaban J connectivity index is 1.84. The summed E-state index contributed by atoms with van der Waals surface area (Å²) in [6.45, 7) is 2.46. The zero-order chi connectivity index (χ0) is 12.8. The topological polar surface area (TPSA) is 29.5 Å². The van der Waals surface area contributed by atoms with E-state index in [1.54, 1.807) is 0 Å². The Morgan fingerprint density at radius 3 is 2.50 bits per heavy atom. The first kappa shape index (κ1) is 13.6. The minimum atomic E-state index is -0.491. The maximum atomic E-state index is 10.2. The van der Waals surface area contributed by atoms with Gasteiger partial charge in [-0.1, -0.05) is 49.9 Å². The molecule has 1 atom stereocenters. The highest BCUT2D eigenvalue weighted by atomic mass is 16.5. The van der Waals surface area contributed by atoms with Gasteiger partial charge in [0.25, 0.3) is 0 Å². The molecule has 1 saturated carbocycles. The van der Waals surface area contributed by atoms with Crippen LogP contribution in [0.1, 0.15) is 55.8 Å². The summed E-state index contributed by atoms with van der Waals surface area (Å²) in [5.74, 6) is 0. The summed E-state index contributed by atoms with van der Waals surface area (Å²) in [7, 11) is 0. The summed E-state index contributed by atoms with van der Waals surface area (Å²) >= 11 is 0. The van der Waals surface area contributed by atoms with E-state index in [1.165, 1.54) is 25.7 Å². The maximum absolute atomic E-state index is 10.2. The van der Waals surface area contributed by atoms with Crippen LogP contribution in [-0.2, 0) is 4.74 Å². The Morgan fingerprint density at radius 2 is 1.83 bits per heavy atom. The molecule has 1 aliphatic rings. The molecule has 0 bridgehead atoms. The minimum Gasteiger partial charge on any atom is -0.386 e. The van der Waals surface area contributed by atoms with Crippen molar-refractivity contribution in [1.29, 1.82) is 0 Å². The molecule has 0 amide bonds. The van der Waals surface area contributed by atoms with Crippen molar-refractivity contribution in [1.82, 2.24) is 0 Å². The lowest BCUT2D eigenvalue weighted by Gasteiger charge is -2.19. The summed E-state index contributed by atoms with van der Waals surface area (Å²) in [6.07, 6.45) is 7.37. The van der Waals surface area contributed by atoms with Gasteiger partial charge in [-0.15, -0.1) is 0 Å². The summed E-state index contributed by atoms with van der Waals surface area (Å²) in [5.41, 5.74) is 2.13. The van der Waals surface area contributed by atoms with Crippen LogP contribution >= 0.6 is 0 Å². The summed E-state index contributed by atoms with van der Waals surface area (Å²) in [6, 6.07) is 7.98. The van der Waals surface area contributed by atoms with Crippen LogP contribution in [0.5, 0.6) is 0 Å². The fraction of sp³-hybridized carbons (Fsp3) is 0.625. The Morgan fingerprint density at radius 1 is 1.17 bits per heavy atom. The lowest BCUT2D eigenvalue weighted by Crippen LogP contribution is -2.17. The number of aliphatic hydroxyl groups excluding tert-OH is 1. The zero-order valence-electron chi connectivity index (χ0n) is 11.3.